The van der Waals surface area contributed by atoms with Crippen LogP contribution < -0.4 is 5.73 Å². The number of carbonyl (C=O) groups is 1. The number of nitrogens with two attached hydrogens (primary N) is 1. The van der Waals surface area contributed by atoms with Crippen LogP contribution in [-0.2, 0) is 0 Å². The standard InChI is InChI=1S/C7H7NO2.FH/c8-6-4-2-1-3-5(6)7(9)10;/h1-4H,8H2,(H,9,10);1H. The molecule has 0 bridgehead atoms. The molecular weight excluding hydrogens is 149 g/mol. The Bertz CT molecular complexity index is 262. The molecule has 1 aromatic carbocycles. The van der Waals surface area contributed by atoms with Gasteiger partial charge in [0.2, 0.25) is 0 Å². The number of rotatable bonds is 1. The molecule has 0 spiro atoms. The Labute approximate surface area is 62.8 Å². The molecule has 0 aliphatic rings. The second-order valence-corrected chi connectivity index (χ2v) is 1.89. The quantitative estimate of drug-likeness (QED) is 0.600. The molecule has 4 heteroatoms. The number of aromatic carboxylic acids is 1. The average Bonchev–Trinajstić information content (AvgIpc) is 1.88. The first-order chi connectivity index (χ1) is 4.72. The molecule has 1 rings (SSSR count). The highest BCUT2D eigenvalue weighted by Gasteiger charge is 2.03. The Hall–Kier alpha value is -1.58. The normalized spacial score (nSPS) is 8.36. The van der Waals surface area contributed by atoms with Crippen LogP contribution in [-0.4, -0.2) is 11.1 Å². The molecular formula is C7H8FNO2. The first-order valence-corrected chi connectivity index (χ1v) is 2.79. The minimum atomic E-state index is -0.988. The van der Waals surface area contributed by atoms with Crippen LogP contribution in [0.3, 0.4) is 0 Å². The van der Waals surface area contributed by atoms with Gasteiger partial charge in [0.25, 0.3) is 0 Å². The van der Waals surface area contributed by atoms with E-state index in [2.05, 4.69) is 0 Å². The summed E-state index contributed by atoms with van der Waals surface area (Å²) in [7, 11) is 0. The van der Waals surface area contributed by atoms with Gasteiger partial charge in [0, 0.05) is 5.69 Å². The van der Waals surface area contributed by atoms with E-state index < -0.39 is 5.97 Å². The van der Waals surface area contributed by atoms with E-state index in [0.29, 0.717) is 5.69 Å². The van der Waals surface area contributed by atoms with E-state index >= 15 is 0 Å². The van der Waals surface area contributed by atoms with Gasteiger partial charge < -0.3 is 10.8 Å². The molecule has 0 aromatic heterocycles. The largest absolute Gasteiger partial charge is 0.478 e. The molecule has 0 heterocycles. The van der Waals surface area contributed by atoms with Crippen molar-refractivity contribution in [2.24, 2.45) is 0 Å². The fourth-order valence-electron chi connectivity index (χ4n) is 0.692. The fourth-order valence-corrected chi connectivity index (χ4v) is 0.692. The molecule has 60 valence electrons. The summed E-state index contributed by atoms with van der Waals surface area (Å²) in [6.45, 7) is 0. The van der Waals surface area contributed by atoms with Crippen molar-refractivity contribution >= 4 is 11.7 Å². The predicted octanol–water partition coefficient (Wildman–Crippen LogP) is 1.12. The number of carboxylic acid groups (broad SMARTS) is 1. The lowest BCUT2D eigenvalue weighted by Gasteiger charge is -1.96. The molecule has 0 saturated carbocycles. The zero-order valence-corrected chi connectivity index (χ0v) is 5.65. The maximum Gasteiger partial charge on any atom is 0.337 e. The first-order valence-electron chi connectivity index (χ1n) is 2.79. The molecule has 0 saturated heterocycles. The van der Waals surface area contributed by atoms with Crippen molar-refractivity contribution in [3.63, 3.8) is 0 Å². The number of halogens is 1. The number of para-hydroxylation sites is 1. The SMILES string of the molecule is F.Nc1ccccc1C(=O)O. The summed E-state index contributed by atoms with van der Waals surface area (Å²) in [5.41, 5.74) is 5.80. The van der Waals surface area contributed by atoms with Gasteiger partial charge in [-0.25, -0.2) is 4.79 Å². The maximum atomic E-state index is 10.3. The van der Waals surface area contributed by atoms with Crippen LogP contribution in [0.15, 0.2) is 24.3 Å². The Morgan fingerprint density at radius 3 is 2.27 bits per heavy atom. The lowest BCUT2D eigenvalue weighted by molar-refractivity contribution is 0.0698. The van der Waals surface area contributed by atoms with Crippen LogP contribution in [0, 0.1) is 0 Å². The highest BCUT2D eigenvalue weighted by atomic mass is 19.0. The van der Waals surface area contributed by atoms with Crippen molar-refractivity contribution in [1.82, 2.24) is 0 Å². The summed E-state index contributed by atoms with van der Waals surface area (Å²) in [6, 6.07) is 6.36. The Balaban J connectivity index is 0.000001000. The molecule has 11 heavy (non-hydrogen) atoms. The van der Waals surface area contributed by atoms with Gasteiger partial charge >= 0.3 is 5.97 Å². The van der Waals surface area contributed by atoms with Crippen molar-refractivity contribution in [3.05, 3.63) is 29.8 Å². The van der Waals surface area contributed by atoms with Crippen LogP contribution in [0.5, 0.6) is 0 Å². The van der Waals surface area contributed by atoms with Crippen LogP contribution in [0.4, 0.5) is 10.4 Å². The highest BCUT2D eigenvalue weighted by Crippen LogP contribution is 2.08. The van der Waals surface area contributed by atoms with Gasteiger partial charge in [0.15, 0.2) is 0 Å². The molecule has 3 nitrogen and oxygen atoms in total. The summed E-state index contributed by atoms with van der Waals surface area (Å²) in [5, 5.41) is 8.49. The van der Waals surface area contributed by atoms with Gasteiger partial charge in [-0.05, 0) is 12.1 Å². The molecule has 3 N–H and O–H groups in total. The highest BCUT2D eigenvalue weighted by molar-refractivity contribution is 5.93. The van der Waals surface area contributed by atoms with Crippen molar-refractivity contribution in [2.45, 2.75) is 0 Å². The number of anilines is 1. The number of nitrogen functional groups attached to an aromatic ring is 1. The van der Waals surface area contributed by atoms with Gasteiger partial charge in [0.1, 0.15) is 0 Å². The second kappa shape index (κ2) is 3.55. The third kappa shape index (κ3) is 1.93. The predicted molar refractivity (Wildman–Crippen MR) is 40.3 cm³/mol. The number of hydrogen-bond acceptors (Lipinski definition) is 2. The van der Waals surface area contributed by atoms with Crippen molar-refractivity contribution < 1.29 is 14.6 Å². The van der Waals surface area contributed by atoms with E-state index in [1.165, 1.54) is 6.07 Å². The van der Waals surface area contributed by atoms with Crippen LogP contribution in [0.25, 0.3) is 0 Å². The lowest BCUT2D eigenvalue weighted by atomic mass is 10.2. The van der Waals surface area contributed by atoms with Crippen molar-refractivity contribution in [2.75, 3.05) is 5.73 Å². The summed E-state index contributed by atoms with van der Waals surface area (Å²) in [6.07, 6.45) is 0. The van der Waals surface area contributed by atoms with E-state index in [9.17, 15) is 4.79 Å². The van der Waals surface area contributed by atoms with E-state index in [0.717, 1.165) is 0 Å². The third-order valence-corrected chi connectivity index (χ3v) is 1.19. The monoisotopic (exact) mass is 157 g/mol. The van der Waals surface area contributed by atoms with Crippen molar-refractivity contribution in [3.8, 4) is 0 Å². The van der Waals surface area contributed by atoms with Crippen LogP contribution in [0.2, 0.25) is 0 Å². The zero-order chi connectivity index (χ0) is 7.56. The number of hydrogen-bond donors (Lipinski definition) is 2. The van der Waals surface area contributed by atoms with E-state index in [1.54, 1.807) is 18.2 Å². The zero-order valence-electron chi connectivity index (χ0n) is 5.65. The Morgan fingerprint density at radius 1 is 1.36 bits per heavy atom. The number of benzene rings is 1. The molecule has 0 radical (unpaired) electrons. The molecule has 1 aromatic rings. The van der Waals surface area contributed by atoms with Gasteiger partial charge in [-0.2, -0.15) is 0 Å². The van der Waals surface area contributed by atoms with E-state index in [4.69, 9.17) is 10.8 Å². The number of carboxylic acids is 1. The van der Waals surface area contributed by atoms with E-state index in [1.807, 2.05) is 0 Å². The molecule has 0 aliphatic carbocycles. The van der Waals surface area contributed by atoms with Gasteiger partial charge in [-0.3, -0.25) is 4.70 Å². The minimum Gasteiger partial charge on any atom is -0.478 e. The minimum absolute atomic E-state index is 0. The third-order valence-electron chi connectivity index (χ3n) is 1.19. The molecule has 0 unspecified atom stereocenters. The van der Waals surface area contributed by atoms with Gasteiger partial charge in [0.05, 0.1) is 5.56 Å². The van der Waals surface area contributed by atoms with Crippen molar-refractivity contribution in [1.29, 1.82) is 0 Å². The molecule has 0 fully saturated rings. The maximum absolute atomic E-state index is 10.3. The molecule has 0 atom stereocenters. The Kier molecular flexibility index (Phi) is 3.04. The first kappa shape index (κ1) is 9.42. The van der Waals surface area contributed by atoms with Crippen LogP contribution >= 0.6 is 0 Å². The van der Waals surface area contributed by atoms with Gasteiger partial charge in [-0.15, -0.1) is 0 Å². The summed E-state index contributed by atoms with van der Waals surface area (Å²) in [5.74, 6) is -0.988. The molecule has 0 aliphatic heterocycles. The lowest BCUT2D eigenvalue weighted by Crippen LogP contribution is -2.00. The topological polar surface area (TPSA) is 63.3 Å². The fraction of sp³-hybridized carbons (Fsp3) is 0. The Morgan fingerprint density at radius 2 is 1.91 bits per heavy atom. The van der Waals surface area contributed by atoms with Crippen LogP contribution in [0.1, 0.15) is 10.4 Å². The second-order valence-electron chi connectivity index (χ2n) is 1.89. The van der Waals surface area contributed by atoms with E-state index in [-0.39, 0.29) is 10.3 Å². The summed E-state index contributed by atoms with van der Waals surface area (Å²) < 4.78 is 0. The summed E-state index contributed by atoms with van der Waals surface area (Å²) >= 11 is 0. The van der Waals surface area contributed by atoms with Gasteiger partial charge in [-0.1, -0.05) is 12.1 Å². The molecule has 0 amide bonds. The summed E-state index contributed by atoms with van der Waals surface area (Å²) in [4.78, 5) is 10.3. The smallest absolute Gasteiger partial charge is 0.337 e. The average molecular weight is 157 g/mol.